The number of hydrogen-bond acceptors (Lipinski definition) is 3. The SMILES string of the molecule is CN(C)c1cccc(C(=O)N2CC(N)Cc3ccccc32)c1. The zero-order valence-electron chi connectivity index (χ0n) is 13.0. The van der Waals surface area contributed by atoms with Crippen LogP contribution >= 0.6 is 0 Å². The fourth-order valence-corrected chi connectivity index (χ4v) is 2.89. The van der Waals surface area contributed by atoms with Crippen LogP contribution in [0.15, 0.2) is 48.5 Å². The molecule has 1 aliphatic heterocycles. The molecule has 1 unspecified atom stereocenters. The van der Waals surface area contributed by atoms with E-state index in [-0.39, 0.29) is 11.9 Å². The van der Waals surface area contributed by atoms with Gasteiger partial charge in [-0.2, -0.15) is 0 Å². The molecular formula is C18H21N3O. The van der Waals surface area contributed by atoms with Gasteiger partial charge in [0.1, 0.15) is 0 Å². The fourth-order valence-electron chi connectivity index (χ4n) is 2.89. The topological polar surface area (TPSA) is 49.6 Å². The zero-order chi connectivity index (χ0) is 15.7. The molecule has 2 aromatic carbocycles. The van der Waals surface area contributed by atoms with Gasteiger partial charge in [-0.15, -0.1) is 0 Å². The molecular weight excluding hydrogens is 274 g/mol. The first-order valence-corrected chi connectivity index (χ1v) is 7.49. The Labute approximate surface area is 131 Å². The maximum Gasteiger partial charge on any atom is 0.258 e. The molecule has 2 N–H and O–H groups in total. The van der Waals surface area contributed by atoms with Crippen LogP contribution in [0.2, 0.25) is 0 Å². The molecule has 1 amide bonds. The molecule has 0 bridgehead atoms. The molecule has 22 heavy (non-hydrogen) atoms. The van der Waals surface area contributed by atoms with Crippen molar-refractivity contribution in [2.45, 2.75) is 12.5 Å². The third-order valence-corrected chi connectivity index (χ3v) is 4.04. The molecule has 114 valence electrons. The van der Waals surface area contributed by atoms with Crippen molar-refractivity contribution in [1.82, 2.24) is 0 Å². The van der Waals surface area contributed by atoms with Gasteiger partial charge in [-0.05, 0) is 36.2 Å². The van der Waals surface area contributed by atoms with Crippen molar-refractivity contribution in [2.24, 2.45) is 5.73 Å². The van der Waals surface area contributed by atoms with Crippen molar-refractivity contribution in [3.63, 3.8) is 0 Å². The first-order valence-electron chi connectivity index (χ1n) is 7.49. The Hall–Kier alpha value is -2.33. The first kappa shape index (κ1) is 14.6. The summed E-state index contributed by atoms with van der Waals surface area (Å²) in [5.74, 6) is 0.00583. The number of hydrogen-bond donors (Lipinski definition) is 1. The minimum atomic E-state index is -0.0177. The van der Waals surface area contributed by atoms with E-state index in [2.05, 4.69) is 0 Å². The molecule has 0 radical (unpaired) electrons. The highest BCUT2D eigenvalue weighted by Gasteiger charge is 2.27. The van der Waals surface area contributed by atoms with Crippen LogP contribution in [0.25, 0.3) is 0 Å². The second kappa shape index (κ2) is 5.81. The number of amides is 1. The molecule has 1 aliphatic rings. The Kier molecular flexibility index (Phi) is 3.86. The molecule has 0 saturated heterocycles. The van der Waals surface area contributed by atoms with Gasteiger partial charge in [0.25, 0.3) is 5.91 Å². The van der Waals surface area contributed by atoms with E-state index < -0.39 is 0 Å². The number of nitrogens with two attached hydrogens (primary N) is 1. The lowest BCUT2D eigenvalue weighted by molar-refractivity contribution is 0.0983. The van der Waals surface area contributed by atoms with Gasteiger partial charge in [0, 0.05) is 43.6 Å². The van der Waals surface area contributed by atoms with Crippen LogP contribution in [-0.4, -0.2) is 32.6 Å². The fraction of sp³-hybridized carbons (Fsp3) is 0.278. The minimum Gasteiger partial charge on any atom is -0.378 e. The van der Waals surface area contributed by atoms with Gasteiger partial charge in [-0.25, -0.2) is 0 Å². The predicted molar refractivity (Wildman–Crippen MR) is 90.6 cm³/mol. The van der Waals surface area contributed by atoms with Gasteiger partial charge in [0.15, 0.2) is 0 Å². The highest BCUT2D eigenvalue weighted by molar-refractivity contribution is 6.07. The largest absolute Gasteiger partial charge is 0.378 e. The molecule has 4 heteroatoms. The number of para-hydroxylation sites is 1. The van der Waals surface area contributed by atoms with Gasteiger partial charge < -0.3 is 15.5 Å². The Balaban J connectivity index is 1.97. The predicted octanol–water partition coefficient (Wildman–Crippen LogP) is 2.28. The van der Waals surface area contributed by atoms with Crippen molar-refractivity contribution in [3.05, 3.63) is 59.7 Å². The van der Waals surface area contributed by atoms with Crippen LogP contribution < -0.4 is 15.5 Å². The molecule has 1 heterocycles. The van der Waals surface area contributed by atoms with Crippen molar-refractivity contribution >= 4 is 17.3 Å². The number of anilines is 2. The summed E-state index contributed by atoms with van der Waals surface area (Å²) in [5.41, 5.74) is 9.95. The molecule has 0 aromatic heterocycles. The van der Waals surface area contributed by atoms with E-state index in [0.29, 0.717) is 12.1 Å². The van der Waals surface area contributed by atoms with Crippen molar-refractivity contribution in [2.75, 3.05) is 30.4 Å². The normalized spacial score (nSPS) is 17.0. The van der Waals surface area contributed by atoms with E-state index in [1.165, 1.54) is 0 Å². The van der Waals surface area contributed by atoms with Crippen LogP contribution in [0.5, 0.6) is 0 Å². The Morgan fingerprint density at radius 2 is 1.95 bits per heavy atom. The van der Waals surface area contributed by atoms with Crippen LogP contribution in [0, 0.1) is 0 Å². The standard InChI is InChI=1S/C18H21N3O/c1-20(2)16-8-5-7-14(11-16)18(22)21-12-15(19)10-13-6-3-4-9-17(13)21/h3-9,11,15H,10,12,19H2,1-2H3. The molecule has 3 rings (SSSR count). The van der Waals surface area contributed by atoms with Crippen molar-refractivity contribution in [1.29, 1.82) is 0 Å². The van der Waals surface area contributed by atoms with E-state index in [1.807, 2.05) is 67.5 Å². The highest BCUT2D eigenvalue weighted by Crippen LogP contribution is 2.28. The average molecular weight is 295 g/mol. The van der Waals surface area contributed by atoms with E-state index in [1.54, 1.807) is 4.90 Å². The van der Waals surface area contributed by atoms with Gasteiger partial charge in [-0.3, -0.25) is 4.79 Å². The van der Waals surface area contributed by atoms with E-state index in [4.69, 9.17) is 5.73 Å². The van der Waals surface area contributed by atoms with Gasteiger partial charge >= 0.3 is 0 Å². The lowest BCUT2D eigenvalue weighted by atomic mass is 9.97. The number of benzene rings is 2. The second-order valence-electron chi connectivity index (χ2n) is 5.95. The zero-order valence-corrected chi connectivity index (χ0v) is 13.0. The summed E-state index contributed by atoms with van der Waals surface area (Å²) in [5, 5.41) is 0. The Morgan fingerprint density at radius 1 is 1.18 bits per heavy atom. The van der Waals surface area contributed by atoms with Crippen LogP contribution in [-0.2, 0) is 6.42 Å². The summed E-state index contributed by atoms with van der Waals surface area (Å²) < 4.78 is 0. The van der Waals surface area contributed by atoms with E-state index in [9.17, 15) is 4.79 Å². The maximum atomic E-state index is 12.9. The third-order valence-electron chi connectivity index (χ3n) is 4.04. The molecule has 2 aromatic rings. The van der Waals surface area contributed by atoms with Gasteiger partial charge in [-0.1, -0.05) is 24.3 Å². The summed E-state index contributed by atoms with van der Waals surface area (Å²) >= 11 is 0. The molecule has 0 aliphatic carbocycles. The smallest absolute Gasteiger partial charge is 0.258 e. The summed E-state index contributed by atoms with van der Waals surface area (Å²) in [7, 11) is 3.94. The van der Waals surface area contributed by atoms with Crippen LogP contribution in [0.1, 0.15) is 15.9 Å². The highest BCUT2D eigenvalue weighted by atomic mass is 16.2. The number of carbonyl (C=O) groups is 1. The van der Waals surface area contributed by atoms with E-state index >= 15 is 0 Å². The monoisotopic (exact) mass is 295 g/mol. The summed E-state index contributed by atoms with van der Waals surface area (Å²) in [6.07, 6.45) is 0.817. The quantitative estimate of drug-likeness (QED) is 0.925. The van der Waals surface area contributed by atoms with Crippen molar-refractivity contribution < 1.29 is 4.79 Å². The molecule has 4 nitrogen and oxygen atoms in total. The number of carbonyl (C=O) groups excluding carboxylic acids is 1. The van der Waals surface area contributed by atoms with Gasteiger partial charge in [0.2, 0.25) is 0 Å². The lowest BCUT2D eigenvalue weighted by Gasteiger charge is -2.33. The average Bonchev–Trinajstić information content (AvgIpc) is 2.53. The number of fused-ring (bicyclic) bond motifs is 1. The van der Waals surface area contributed by atoms with Crippen LogP contribution in [0.3, 0.4) is 0 Å². The summed E-state index contributed by atoms with van der Waals surface area (Å²) in [6.45, 7) is 0.558. The van der Waals surface area contributed by atoms with E-state index in [0.717, 1.165) is 23.4 Å². The summed E-state index contributed by atoms with van der Waals surface area (Å²) in [4.78, 5) is 16.7. The minimum absolute atomic E-state index is 0.00583. The molecule has 0 saturated carbocycles. The number of rotatable bonds is 2. The number of nitrogens with zero attached hydrogens (tertiary/aromatic N) is 2. The summed E-state index contributed by atoms with van der Waals surface area (Å²) in [6, 6.07) is 15.7. The maximum absolute atomic E-state index is 12.9. The Morgan fingerprint density at radius 3 is 2.73 bits per heavy atom. The third kappa shape index (κ3) is 2.70. The lowest BCUT2D eigenvalue weighted by Crippen LogP contribution is -2.46. The molecule has 0 spiro atoms. The first-order chi connectivity index (χ1) is 10.6. The van der Waals surface area contributed by atoms with Crippen LogP contribution in [0.4, 0.5) is 11.4 Å². The second-order valence-corrected chi connectivity index (χ2v) is 5.95. The molecule has 0 fully saturated rings. The van der Waals surface area contributed by atoms with Crippen molar-refractivity contribution in [3.8, 4) is 0 Å². The Bertz CT molecular complexity index is 696. The van der Waals surface area contributed by atoms with Gasteiger partial charge in [0.05, 0.1) is 0 Å². The molecule has 1 atom stereocenters.